The predicted molar refractivity (Wildman–Crippen MR) is 115 cm³/mol. The van der Waals surface area contributed by atoms with Crippen LogP contribution in [0.5, 0.6) is 5.75 Å². The number of nitrogens with one attached hydrogen (secondary N) is 1. The first-order valence-electron chi connectivity index (χ1n) is 9.60. The Morgan fingerprint density at radius 3 is 2.47 bits per heavy atom. The van der Waals surface area contributed by atoms with Crippen LogP contribution in [0.4, 0.5) is 5.69 Å². The summed E-state index contributed by atoms with van der Waals surface area (Å²) in [5.74, 6) is 0.254. The number of nitrogens with zero attached hydrogens (tertiary/aromatic N) is 1. The summed E-state index contributed by atoms with van der Waals surface area (Å²) in [6.45, 7) is 1.07. The summed E-state index contributed by atoms with van der Waals surface area (Å²) in [6, 6.07) is 21.1. The van der Waals surface area contributed by atoms with Crippen molar-refractivity contribution in [1.82, 2.24) is 4.90 Å². The first-order valence-corrected chi connectivity index (χ1v) is 11.1. The van der Waals surface area contributed by atoms with Crippen LogP contribution in [0, 0.1) is 0 Å². The lowest BCUT2D eigenvalue weighted by Gasteiger charge is -2.29. The third-order valence-corrected chi connectivity index (χ3v) is 6.56. The molecule has 7 heteroatoms. The van der Waals surface area contributed by atoms with E-state index in [4.69, 9.17) is 4.74 Å². The molecule has 6 nitrogen and oxygen atoms in total. The summed E-state index contributed by atoms with van der Waals surface area (Å²) < 4.78 is 33.5. The number of para-hydroxylation sites is 1. The zero-order valence-electron chi connectivity index (χ0n) is 16.5. The lowest BCUT2D eigenvalue weighted by molar-refractivity contribution is 0.0734. The van der Waals surface area contributed by atoms with Crippen LogP contribution in [0.1, 0.15) is 21.5 Å². The number of rotatable bonds is 5. The molecule has 4 rings (SSSR count). The molecule has 0 aliphatic carbocycles. The van der Waals surface area contributed by atoms with E-state index < -0.39 is 10.0 Å². The number of hydrogen-bond acceptors (Lipinski definition) is 4. The molecule has 3 aromatic carbocycles. The van der Waals surface area contributed by atoms with Crippen LogP contribution in [-0.2, 0) is 23.0 Å². The highest BCUT2D eigenvalue weighted by atomic mass is 32.2. The van der Waals surface area contributed by atoms with Crippen molar-refractivity contribution >= 4 is 21.6 Å². The van der Waals surface area contributed by atoms with Crippen molar-refractivity contribution in [3.05, 3.63) is 89.5 Å². The number of anilines is 1. The largest absolute Gasteiger partial charge is 0.495 e. The van der Waals surface area contributed by atoms with E-state index >= 15 is 0 Å². The van der Waals surface area contributed by atoms with E-state index in [0.29, 0.717) is 24.3 Å². The van der Waals surface area contributed by atoms with Crippen molar-refractivity contribution in [1.29, 1.82) is 0 Å². The van der Waals surface area contributed by atoms with E-state index in [2.05, 4.69) is 4.72 Å². The van der Waals surface area contributed by atoms with Gasteiger partial charge >= 0.3 is 0 Å². The van der Waals surface area contributed by atoms with Gasteiger partial charge < -0.3 is 9.64 Å². The third kappa shape index (κ3) is 4.02. The molecule has 0 aromatic heterocycles. The van der Waals surface area contributed by atoms with Crippen LogP contribution in [0.15, 0.2) is 77.7 Å². The Labute approximate surface area is 176 Å². The number of ether oxygens (including phenoxy) is 1. The number of carbonyl (C=O) groups excluding carboxylic acids is 1. The van der Waals surface area contributed by atoms with Crippen molar-refractivity contribution in [2.24, 2.45) is 0 Å². The smallest absolute Gasteiger partial charge is 0.265 e. The second kappa shape index (κ2) is 8.20. The Morgan fingerprint density at radius 2 is 1.70 bits per heavy atom. The molecule has 0 unspecified atom stereocenters. The van der Waals surface area contributed by atoms with Crippen molar-refractivity contribution in [2.75, 3.05) is 18.4 Å². The van der Waals surface area contributed by atoms with Gasteiger partial charge in [0.25, 0.3) is 15.9 Å². The van der Waals surface area contributed by atoms with Crippen LogP contribution in [-0.4, -0.2) is 32.9 Å². The minimum absolute atomic E-state index is 0.0266. The van der Waals surface area contributed by atoms with Gasteiger partial charge in [-0.25, -0.2) is 8.42 Å². The minimum Gasteiger partial charge on any atom is -0.495 e. The number of sulfonamides is 1. The average molecular weight is 423 g/mol. The molecular weight excluding hydrogens is 400 g/mol. The number of amides is 1. The van der Waals surface area contributed by atoms with Crippen molar-refractivity contribution in [3.8, 4) is 5.75 Å². The first kappa shape index (κ1) is 20.0. The normalized spacial score (nSPS) is 13.4. The molecular formula is C23H22N2O4S. The lowest BCUT2D eigenvalue weighted by Crippen LogP contribution is -2.36. The summed E-state index contributed by atoms with van der Waals surface area (Å²) in [4.78, 5) is 14.6. The van der Waals surface area contributed by atoms with Crippen molar-refractivity contribution in [2.45, 2.75) is 17.9 Å². The highest BCUT2D eigenvalue weighted by Crippen LogP contribution is 2.28. The molecule has 0 atom stereocenters. The molecule has 154 valence electrons. The fourth-order valence-electron chi connectivity index (χ4n) is 3.61. The fraction of sp³-hybridized carbons (Fsp3) is 0.174. The topological polar surface area (TPSA) is 75.7 Å². The van der Waals surface area contributed by atoms with Gasteiger partial charge in [0.05, 0.1) is 7.11 Å². The molecule has 0 saturated heterocycles. The van der Waals surface area contributed by atoms with Gasteiger partial charge in [0.1, 0.15) is 10.6 Å². The molecule has 0 saturated carbocycles. The SMILES string of the molecule is COc1ccccc1S(=O)(=O)Nc1ccc2c(c1)CN(C(=O)c1ccccc1)CC2. The Balaban J connectivity index is 1.57. The maximum absolute atomic E-state index is 12.9. The molecule has 1 aliphatic heterocycles. The Morgan fingerprint density at radius 1 is 0.967 bits per heavy atom. The molecule has 0 fully saturated rings. The van der Waals surface area contributed by atoms with E-state index in [1.807, 2.05) is 24.3 Å². The zero-order chi connectivity index (χ0) is 21.1. The van der Waals surface area contributed by atoms with E-state index in [1.165, 1.54) is 13.2 Å². The molecule has 1 N–H and O–H groups in total. The van der Waals surface area contributed by atoms with E-state index in [9.17, 15) is 13.2 Å². The lowest BCUT2D eigenvalue weighted by atomic mass is 9.98. The van der Waals surface area contributed by atoms with Crippen LogP contribution in [0.3, 0.4) is 0 Å². The second-order valence-corrected chi connectivity index (χ2v) is 8.73. The van der Waals surface area contributed by atoms with Gasteiger partial charge in [0, 0.05) is 24.3 Å². The Hall–Kier alpha value is -3.32. The molecule has 0 radical (unpaired) electrons. The highest BCUT2D eigenvalue weighted by molar-refractivity contribution is 7.92. The average Bonchev–Trinajstić information content (AvgIpc) is 2.78. The van der Waals surface area contributed by atoms with Gasteiger partial charge in [-0.15, -0.1) is 0 Å². The molecule has 1 heterocycles. The van der Waals surface area contributed by atoms with Gasteiger partial charge in [-0.3, -0.25) is 9.52 Å². The summed E-state index contributed by atoms with van der Waals surface area (Å²) in [5.41, 5.74) is 3.15. The van der Waals surface area contributed by atoms with Gasteiger partial charge in [-0.2, -0.15) is 0 Å². The summed E-state index contributed by atoms with van der Waals surface area (Å²) in [7, 11) is -2.37. The predicted octanol–water partition coefficient (Wildman–Crippen LogP) is 3.69. The monoisotopic (exact) mass is 422 g/mol. The van der Waals surface area contributed by atoms with Crippen LogP contribution >= 0.6 is 0 Å². The highest BCUT2D eigenvalue weighted by Gasteiger charge is 2.23. The van der Waals surface area contributed by atoms with Crippen molar-refractivity contribution < 1.29 is 17.9 Å². The number of fused-ring (bicyclic) bond motifs is 1. The number of benzene rings is 3. The van der Waals surface area contributed by atoms with E-state index in [1.54, 1.807) is 47.4 Å². The molecule has 0 bridgehead atoms. The fourth-order valence-corrected chi connectivity index (χ4v) is 4.83. The maximum atomic E-state index is 12.9. The Kier molecular flexibility index (Phi) is 5.46. The summed E-state index contributed by atoms with van der Waals surface area (Å²) in [5, 5.41) is 0. The van der Waals surface area contributed by atoms with Crippen LogP contribution < -0.4 is 9.46 Å². The van der Waals surface area contributed by atoms with Crippen LogP contribution in [0.2, 0.25) is 0 Å². The number of hydrogen-bond donors (Lipinski definition) is 1. The quantitative estimate of drug-likeness (QED) is 0.680. The zero-order valence-corrected chi connectivity index (χ0v) is 17.4. The van der Waals surface area contributed by atoms with Gasteiger partial charge in [-0.1, -0.05) is 36.4 Å². The van der Waals surface area contributed by atoms with Gasteiger partial charge in [-0.05, 0) is 53.9 Å². The maximum Gasteiger partial charge on any atom is 0.265 e. The molecule has 30 heavy (non-hydrogen) atoms. The third-order valence-electron chi connectivity index (χ3n) is 5.14. The number of methoxy groups -OCH3 is 1. The molecule has 3 aromatic rings. The van der Waals surface area contributed by atoms with Crippen molar-refractivity contribution in [3.63, 3.8) is 0 Å². The summed E-state index contributed by atoms with van der Waals surface area (Å²) in [6.07, 6.45) is 0.730. The molecule has 1 amide bonds. The minimum atomic E-state index is -3.81. The summed E-state index contributed by atoms with van der Waals surface area (Å²) >= 11 is 0. The Bertz CT molecular complexity index is 1180. The van der Waals surface area contributed by atoms with E-state index in [0.717, 1.165) is 17.5 Å². The first-order chi connectivity index (χ1) is 14.5. The van der Waals surface area contributed by atoms with Gasteiger partial charge in [0.2, 0.25) is 0 Å². The van der Waals surface area contributed by atoms with Crippen LogP contribution in [0.25, 0.3) is 0 Å². The van der Waals surface area contributed by atoms with Gasteiger partial charge in [0.15, 0.2) is 0 Å². The molecule has 1 aliphatic rings. The van der Waals surface area contributed by atoms with E-state index in [-0.39, 0.29) is 16.6 Å². The standard InChI is InChI=1S/C23H22N2O4S/c1-29-21-9-5-6-10-22(21)30(27,28)24-20-12-11-17-13-14-25(16-19(17)15-20)23(26)18-7-3-2-4-8-18/h2-12,15,24H,13-14,16H2,1H3. The second-order valence-electron chi connectivity index (χ2n) is 7.08. The molecule has 0 spiro atoms. The number of carbonyl (C=O) groups is 1.